The minimum absolute atomic E-state index is 0.113. The van der Waals surface area contributed by atoms with Gasteiger partial charge in [0, 0.05) is 19.0 Å². The maximum absolute atomic E-state index is 11.8. The molecule has 1 aromatic rings. The standard InChI is InChI=1S/C13H14ClNO3/c14-12(16)10-6-8-15(9-7-10)18-13(17)11-4-2-1-3-5-11/h1-5,10H,6-9H2. The Labute approximate surface area is 110 Å². The van der Waals surface area contributed by atoms with Crippen molar-refractivity contribution in [3.05, 3.63) is 35.9 Å². The number of benzene rings is 1. The van der Waals surface area contributed by atoms with Gasteiger partial charge in [0.15, 0.2) is 0 Å². The molecule has 1 aromatic carbocycles. The second-order valence-electron chi connectivity index (χ2n) is 4.25. The number of piperidine rings is 1. The first-order valence-electron chi connectivity index (χ1n) is 5.88. The molecule has 1 heterocycles. The van der Waals surface area contributed by atoms with E-state index in [1.807, 2.05) is 6.07 Å². The molecule has 0 aliphatic carbocycles. The van der Waals surface area contributed by atoms with Crippen LogP contribution in [0.25, 0.3) is 0 Å². The van der Waals surface area contributed by atoms with Crippen molar-refractivity contribution in [3.63, 3.8) is 0 Å². The number of hydrogen-bond acceptors (Lipinski definition) is 4. The summed E-state index contributed by atoms with van der Waals surface area (Å²) in [7, 11) is 0. The maximum atomic E-state index is 11.8. The molecule has 1 aliphatic rings. The fraction of sp³-hybridized carbons (Fsp3) is 0.385. The third-order valence-electron chi connectivity index (χ3n) is 3.00. The highest BCUT2D eigenvalue weighted by Crippen LogP contribution is 2.20. The second-order valence-corrected chi connectivity index (χ2v) is 4.62. The lowest BCUT2D eigenvalue weighted by Crippen LogP contribution is -2.37. The van der Waals surface area contributed by atoms with Crippen molar-refractivity contribution < 1.29 is 14.4 Å². The van der Waals surface area contributed by atoms with Crippen molar-refractivity contribution in [2.24, 2.45) is 5.92 Å². The van der Waals surface area contributed by atoms with E-state index in [0.29, 0.717) is 31.5 Å². The third-order valence-corrected chi connectivity index (χ3v) is 3.31. The molecule has 0 atom stereocenters. The number of nitrogens with zero attached hydrogens (tertiary/aromatic N) is 1. The molecule has 0 amide bonds. The number of hydrogen-bond donors (Lipinski definition) is 0. The molecule has 0 radical (unpaired) electrons. The Bertz CT molecular complexity index is 427. The van der Waals surface area contributed by atoms with E-state index in [-0.39, 0.29) is 17.1 Å². The summed E-state index contributed by atoms with van der Waals surface area (Å²) in [6.45, 7) is 1.09. The summed E-state index contributed by atoms with van der Waals surface area (Å²) >= 11 is 5.44. The molecule has 0 aromatic heterocycles. The Morgan fingerprint density at radius 2 is 1.78 bits per heavy atom. The summed E-state index contributed by atoms with van der Waals surface area (Å²) in [5.41, 5.74) is 0.521. The summed E-state index contributed by atoms with van der Waals surface area (Å²) in [6, 6.07) is 8.83. The SMILES string of the molecule is O=C(ON1CCC(C(=O)Cl)CC1)c1ccccc1. The van der Waals surface area contributed by atoms with Gasteiger partial charge in [0.05, 0.1) is 5.56 Å². The van der Waals surface area contributed by atoms with Crippen LogP contribution in [0.3, 0.4) is 0 Å². The molecule has 5 heteroatoms. The maximum Gasteiger partial charge on any atom is 0.357 e. The molecule has 1 fully saturated rings. The van der Waals surface area contributed by atoms with Crippen molar-refractivity contribution in [2.75, 3.05) is 13.1 Å². The normalized spacial score (nSPS) is 17.4. The highest BCUT2D eigenvalue weighted by atomic mass is 35.5. The van der Waals surface area contributed by atoms with Gasteiger partial charge in [0.1, 0.15) is 0 Å². The molecule has 18 heavy (non-hydrogen) atoms. The Morgan fingerprint density at radius 3 is 2.33 bits per heavy atom. The lowest BCUT2D eigenvalue weighted by Gasteiger charge is -2.28. The van der Waals surface area contributed by atoms with Gasteiger partial charge in [-0.1, -0.05) is 18.2 Å². The zero-order valence-electron chi connectivity index (χ0n) is 9.84. The quantitative estimate of drug-likeness (QED) is 0.788. The van der Waals surface area contributed by atoms with Crippen LogP contribution in [0.2, 0.25) is 0 Å². The number of halogens is 1. The van der Waals surface area contributed by atoms with E-state index in [1.54, 1.807) is 29.3 Å². The van der Waals surface area contributed by atoms with E-state index in [0.717, 1.165) is 0 Å². The third kappa shape index (κ3) is 3.31. The largest absolute Gasteiger partial charge is 0.364 e. The van der Waals surface area contributed by atoms with Crippen LogP contribution in [0.15, 0.2) is 30.3 Å². The second kappa shape index (κ2) is 5.98. The van der Waals surface area contributed by atoms with E-state index >= 15 is 0 Å². The topological polar surface area (TPSA) is 46.6 Å². The van der Waals surface area contributed by atoms with Crippen LogP contribution in [0.5, 0.6) is 0 Å². The smallest absolute Gasteiger partial charge is 0.357 e. The van der Waals surface area contributed by atoms with Crippen molar-refractivity contribution in [1.82, 2.24) is 5.06 Å². The van der Waals surface area contributed by atoms with Crippen molar-refractivity contribution in [2.45, 2.75) is 12.8 Å². The molecule has 1 saturated heterocycles. The van der Waals surface area contributed by atoms with E-state index in [2.05, 4.69) is 0 Å². The number of carbonyl (C=O) groups is 2. The van der Waals surface area contributed by atoms with Crippen LogP contribution in [0.4, 0.5) is 0 Å². The zero-order chi connectivity index (χ0) is 13.0. The summed E-state index contributed by atoms with van der Waals surface area (Å²) < 4.78 is 0. The molecule has 0 saturated carbocycles. The lowest BCUT2D eigenvalue weighted by atomic mass is 10.00. The Kier molecular flexibility index (Phi) is 4.33. The van der Waals surface area contributed by atoms with Gasteiger partial charge in [-0.25, -0.2) is 4.79 Å². The first-order chi connectivity index (χ1) is 8.66. The van der Waals surface area contributed by atoms with Crippen molar-refractivity contribution >= 4 is 22.8 Å². The average Bonchev–Trinajstić information content (AvgIpc) is 2.40. The highest BCUT2D eigenvalue weighted by Gasteiger charge is 2.25. The van der Waals surface area contributed by atoms with E-state index in [9.17, 15) is 9.59 Å². The Hall–Kier alpha value is -1.39. The van der Waals surface area contributed by atoms with E-state index in [1.165, 1.54) is 0 Å². The molecule has 0 spiro atoms. The van der Waals surface area contributed by atoms with Gasteiger partial charge >= 0.3 is 5.97 Å². The fourth-order valence-electron chi connectivity index (χ4n) is 1.92. The fourth-order valence-corrected chi connectivity index (χ4v) is 2.14. The molecule has 0 bridgehead atoms. The van der Waals surface area contributed by atoms with Gasteiger partial charge < -0.3 is 4.84 Å². The molecule has 1 aliphatic heterocycles. The first kappa shape index (κ1) is 13.1. The summed E-state index contributed by atoms with van der Waals surface area (Å²) in [4.78, 5) is 28.0. The highest BCUT2D eigenvalue weighted by molar-refractivity contribution is 6.63. The summed E-state index contributed by atoms with van der Waals surface area (Å²) in [6.07, 6.45) is 1.26. The number of carbonyl (C=O) groups excluding carboxylic acids is 2. The van der Waals surface area contributed by atoms with Gasteiger partial charge in [0.25, 0.3) is 0 Å². The molecule has 2 rings (SSSR count). The number of rotatable bonds is 3. The molecule has 0 N–H and O–H groups in total. The number of hydroxylamine groups is 2. The van der Waals surface area contributed by atoms with Crippen molar-refractivity contribution in [1.29, 1.82) is 0 Å². The van der Waals surface area contributed by atoms with Gasteiger partial charge in [-0.3, -0.25) is 4.79 Å². The zero-order valence-corrected chi connectivity index (χ0v) is 10.6. The summed E-state index contributed by atoms with van der Waals surface area (Å²) in [5, 5.41) is 1.29. The van der Waals surface area contributed by atoms with E-state index in [4.69, 9.17) is 16.4 Å². The van der Waals surface area contributed by atoms with Crippen LogP contribution < -0.4 is 0 Å². The van der Waals surface area contributed by atoms with Crippen LogP contribution >= 0.6 is 11.6 Å². The van der Waals surface area contributed by atoms with Crippen LogP contribution in [0.1, 0.15) is 23.2 Å². The monoisotopic (exact) mass is 267 g/mol. The average molecular weight is 268 g/mol. The van der Waals surface area contributed by atoms with Crippen LogP contribution in [0, 0.1) is 5.92 Å². The van der Waals surface area contributed by atoms with Crippen molar-refractivity contribution in [3.8, 4) is 0 Å². The van der Waals surface area contributed by atoms with Gasteiger partial charge in [-0.15, -0.1) is 5.06 Å². The van der Waals surface area contributed by atoms with Gasteiger partial charge in [-0.2, -0.15) is 0 Å². The van der Waals surface area contributed by atoms with E-state index < -0.39 is 0 Å². The predicted molar refractivity (Wildman–Crippen MR) is 67.0 cm³/mol. The summed E-state index contributed by atoms with van der Waals surface area (Å²) in [5.74, 6) is -0.482. The van der Waals surface area contributed by atoms with Gasteiger partial charge in [0.2, 0.25) is 5.24 Å². The Balaban J connectivity index is 1.85. The minimum atomic E-state index is -0.369. The van der Waals surface area contributed by atoms with Crippen LogP contribution in [-0.4, -0.2) is 29.4 Å². The minimum Gasteiger partial charge on any atom is -0.364 e. The predicted octanol–water partition coefficient (Wildman–Crippen LogP) is 2.24. The first-order valence-corrected chi connectivity index (χ1v) is 6.26. The molecular formula is C13H14ClNO3. The molecule has 96 valence electrons. The molecule has 0 unspecified atom stereocenters. The van der Waals surface area contributed by atoms with Crippen LogP contribution in [-0.2, 0) is 9.63 Å². The molecular weight excluding hydrogens is 254 g/mol. The lowest BCUT2D eigenvalue weighted by molar-refractivity contribution is -0.134. The Morgan fingerprint density at radius 1 is 1.17 bits per heavy atom. The van der Waals surface area contributed by atoms with Gasteiger partial charge in [-0.05, 0) is 36.6 Å². The molecule has 4 nitrogen and oxygen atoms in total.